The lowest BCUT2D eigenvalue weighted by molar-refractivity contribution is 0.384. The fraction of sp³-hybridized carbons (Fsp3) is 0. The Hall–Kier alpha value is -0.800. The summed E-state index contributed by atoms with van der Waals surface area (Å²) < 4.78 is 12.5. The van der Waals surface area contributed by atoms with E-state index >= 15 is 0 Å². The Morgan fingerprint density at radius 1 is 1.50 bits per heavy atom. The van der Waals surface area contributed by atoms with Crippen molar-refractivity contribution in [2.24, 2.45) is 0 Å². The Kier molecular flexibility index (Phi) is 2.09. The van der Waals surface area contributed by atoms with Crippen LogP contribution in [0.3, 0.4) is 0 Å². The van der Waals surface area contributed by atoms with Crippen LogP contribution >= 0.6 is 11.6 Å². The molecular weight excluding hydrogens is 157 g/mol. The standard InChI is InChI=1S/C6H5ClFNO/c7-4-1-2-5(8)6(3-4)9-10/h1-3,9-10H. The van der Waals surface area contributed by atoms with Crippen molar-refractivity contribution < 1.29 is 9.60 Å². The second-order valence-corrected chi connectivity index (χ2v) is 2.17. The van der Waals surface area contributed by atoms with Crippen LogP contribution in [0.2, 0.25) is 5.02 Å². The molecule has 0 bridgehead atoms. The molecule has 0 unspecified atom stereocenters. The molecule has 0 spiro atoms. The van der Waals surface area contributed by atoms with Crippen LogP contribution in [0.15, 0.2) is 18.2 Å². The van der Waals surface area contributed by atoms with Crippen molar-refractivity contribution in [2.75, 3.05) is 5.48 Å². The fourth-order valence-corrected chi connectivity index (χ4v) is 0.755. The Balaban J connectivity index is 3.09. The summed E-state index contributed by atoms with van der Waals surface area (Å²) in [5.41, 5.74) is 1.66. The van der Waals surface area contributed by atoms with Crippen molar-refractivity contribution >= 4 is 17.3 Å². The fourth-order valence-electron chi connectivity index (χ4n) is 0.583. The maximum absolute atomic E-state index is 12.5. The molecular formula is C6H5ClFNO. The zero-order chi connectivity index (χ0) is 7.56. The summed E-state index contributed by atoms with van der Waals surface area (Å²) in [6.07, 6.45) is 0. The smallest absolute Gasteiger partial charge is 0.148 e. The van der Waals surface area contributed by atoms with Crippen LogP contribution in [0.4, 0.5) is 10.1 Å². The second-order valence-electron chi connectivity index (χ2n) is 1.74. The van der Waals surface area contributed by atoms with E-state index in [1.54, 1.807) is 5.48 Å². The number of hydrogen-bond donors (Lipinski definition) is 2. The predicted molar refractivity (Wildman–Crippen MR) is 36.8 cm³/mol. The maximum Gasteiger partial charge on any atom is 0.148 e. The van der Waals surface area contributed by atoms with E-state index in [-0.39, 0.29) is 5.69 Å². The van der Waals surface area contributed by atoms with E-state index in [4.69, 9.17) is 16.8 Å². The molecule has 1 aromatic carbocycles. The topological polar surface area (TPSA) is 32.3 Å². The molecule has 54 valence electrons. The minimum absolute atomic E-state index is 0.0208. The van der Waals surface area contributed by atoms with Gasteiger partial charge in [-0.15, -0.1) is 0 Å². The summed E-state index contributed by atoms with van der Waals surface area (Å²) in [6.45, 7) is 0. The molecule has 0 fully saturated rings. The Morgan fingerprint density at radius 2 is 2.20 bits per heavy atom. The molecule has 0 aliphatic heterocycles. The van der Waals surface area contributed by atoms with Gasteiger partial charge in [0.1, 0.15) is 5.82 Å². The van der Waals surface area contributed by atoms with E-state index < -0.39 is 5.82 Å². The molecule has 0 amide bonds. The summed E-state index contributed by atoms with van der Waals surface area (Å²) >= 11 is 5.48. The highest BCUT2D eigenvalue weighted by atomic mass is 35.5. The molecule has 0 aliphatic carbocycles. The third kappa shape index (κ3) is 1.37. The molecule has 2 nitrogen and oxygen atoms in total. The summed E-state index contributed by atoms with van der Waals surface area (Å²) in [5.74, 6) is -0.535. The first-order valence-electron chi connectivity index (χ1n) is 2.59. The molecule has 0 aliphatic rings. The van der Waals surface area contributed by atoms with Crippen LogP contribution in [-0.4, -0.2) is 5.21 Å². The first kappa shape index (κ1) is 7.31. The molecule has 4 heteroatoms. The highest BCUT2D eigenvalue weighted by molar-refractivity contribution is 6.30. The lowest BCUT2D eigenvalue weighted by Crippen LogP contribution is -1.92. The Morgan fingerprint density at radius 3 is 2.70 bits per heavy atom. The summed E-state index contributed by atoms with van der Waals surface area (Å²) in [6, 6.07) is 3.86. The molecule has 2 N–H and O–H groups in total. The minimum Gasteiger partial charge on any atom is -0.291 e. The van der Waals surface area contributed by atoms with Crippen LogP contribution in [0.25, 0.3) is 0 Å². The van der Waals surface area contributed by atoms with Gasteiger partial charge in [0.2, 0.25) is 0 Å². The maximum atomic E-state index is 12.5. The molecule has 0 radical (unpaired) electrons. The Labute approximate surface area is 62.2 Å². The van der Waals surface area contributed by atoms with Crippen LogP contribution in [0, 0.1) is 5.82 Å². The van der Waals surface area contributed by atoms with Crippen LogP contribution in [-0.2, 0) is 0 Å². The van der Waals surface area contributed by atoms with Crippen LogP contribution in [0.1, 0.15) is 0 Å². The highest BCUT2D eigenvalue weighted by Gasteiger charge is 1.99. The van der Waals surface area contributed by atoms with E-state index in [0.29, 0.717) is 5.02 Å². The van der Waals surface area contributed by atoms with Gasteiger partial charge in [0.25, 0.3) is 0 Å². The number of hydrogen-bond acceptors (Lipinski definition) is 2. The van der Waals surface area contributed by atoms with E-state index in [1.807, 2.05) is 0 Å². The first-order valence-corrected chi connectivity index (χ1v) is 2.97. The van der Waals surface area contributed by atoms with Crippen molar-refractivity contribution in [3.05, 3.63) is 29.0 Å². The average Bonchev–Trinajstić information content (AvgIpc) is 1.94. The third-order valence-corrected chi connectivity index (χ3v) is 1.28. The lowest BCUT2D eigenvalue weighted by atomic mass is 10.3. The van der Waals surface area contributed by atoms with Crippen LogP contribution in [0.5, 0.6) is 0 Å². The highest BCUT2D eigenvalue weighted by Crippen LogP contribution is 2.18. The molecule has 0 atom stereocenters. The zero-order valence-corrected chi connectivity index (χ0v) is 5.69. The molecule has 10 heavy (non-hydrogen) atoms. The molecule has 0 heterocycles. The van der Waals surface area contributed by atoms with Crippen molar-refractivity contribution in [1.82, 2.24) is 0 Å². The van der Waals surface area contributed by atoms with Gasteiger partial charge < -0.3 is 0 Å². The lowest BCUT2D eigenvalue weighted by Gasteiger charge is -1.99. The van der Waals surface area contributed by atoms with Gasteiger partial charge >= 0.3 is 0 Å². The van der Waals surface area contributed by atoms with Crippen molar-refractivity contribution in [3.63, 3.8) is 0 Å². The summed E-state index contributed by atoms with van der Waals surface area (Å²) in [4.78, 5) is 0. The van der Waals surface area contributed by atoms with Gasteiger partial charge in [0.05, 0.1) is 5.69 Å². The van der Waals surface area contributed by atoms with Gasteiger partial charge in [-0.2, -0.15) is 0 Å². The zero-order valence-electron chi connectivity index (χ0n) is 4.94. The molecule has 0 saturated carbocycles. The van der Waals surface area contributed by atoms with Gasteiger partial charge in [-0.3, -0.25) is 10.7 Å². The summed E-state index contributed by atoms with van der Waals surface area (Å²) in [7, 11) is 0. The van der Waals surface area contributed by atoms with Crippen molar-refractivity contribution in [3.8, 4) is 0 Å². The van der Waals surface area contributed by atoms with E-state index in [2.05, 4.69) is 0 Å². The number of benzene rings is 1. The van der Waals surface area contributed by atoms with E-state index in [9.17, 15) is 4.39 Å². The number of anilines is 1. The summed E-state index contributed by atoms with van der Waals surface area (Å²) in [5, 5.41) is 8.67. The largest absolute Gasteiger partial charge is 0.291 e. The van der Waals surface area contributed by atoms with Gasteiger partial charge in [-0.25, -0.2) is 4.39 Å². The monoisotopic (exact) mass is 161 g/mol. The number of nitrogens with one attached hydrogen (secondary N) is 1. The molecule has 0 saturated heterocycles. The van der Waals surface area contributed by atoms with Gasteiger partial charge in [-0.05, 0) is 18.2 Å². The Bertz CT molecular complexity index is 241. The van der Waals surface area contributed by atoms with Crippen molar-refractivity contribution in [2.45, 2.75) is 0 Å². The van der Waals surface area contributed by atoms with Crippen LogP contribution < -0.4 is 5.48 Å². The molecule has 1 aromatic rings. The van der Waals surface area contributed by atoms with E-state index in [0.717, 1.165) is 0 Å². The van der Waals surface area contributed by atoms with Gasteiger partial charge in [0, 0.05) is 5.02 Å². The SMILES string of the molecule is ONc1cc(Cl)ccc1F. The average molecular weight is 162 g/mol. The normalized spacial score (nSPS) is 9.50. The molecule has 1 rings (SSSR count). The van der Waals surface area contributed by atoms with Gasteiger partial charge in [0.15, 0.2) is 0 Å². The first-order chi connectivity index (χ1) is 4.74. The minimum atomic E-state index is -0.535. The third-order valence-electron chi connectivity index (χ3n) is 1.05. The van der Waals surface area contributed by atoms with E-state index in [1.165, 1.54) is 18.2 Å². The van der Waals surface area contributed by atoms with Crippen molar-refractivity contribution in [1.29, 1.82) is 0 Å². The van der Waals surface area contributed by atoms with Gasteiger partial charge in [-0.1, -0.05) is 11.6 Å². The number of rotatable bonds is 1. The predicted octanol–water partition coefficient (Wildman–Crippen LogP) is 2.28. The number of halogens is 2. The molecule has 0 aromatic heterocycles. The second kappa shape index (κ2) is 2.86. The quantitative estimate of drug-likeness (QED) is 0.620.